The lowest BCUT2D eigenvalue weighted by atomic mass is 9.79. The van der Waals surface area contributed by atoms with E-state index in [1.54, 1.807) is 32.4 Å². The van der Waals surface area contributed by atoms with Crippen molar-refractivity contribution in [2.24, 2.45) is 23.3 Å². The Labute approximate surface area is 288 Å². The molecule has 16 heteroatoms. The van der Waals surface area contributed by atoms with Crippen molar-refractivity contribution in [1.29, 1.82) is 0 Å². The number of amides is 2. The highest BCUT2D eigenvalue weighted by atomic mass is 79.9. The lowest BCUT2D eigenvalue weighted by Gasteiger charge is -2.33. The molecular formula is C32H42BBrN8O6. The number of hydrogen-bond donors (Lipinski definition) is 4. The van der Waals surface area contributed by atoms with Crippen molar-refractivity contribution < 1.29 is 28.7 Å². The second-order valence-corrected chi connectivity index (χ2v) is 12.7. The fourth-order valence-corrected chi connectivity index (χ4v) is 6.52. The van der Waals surface area contributed by atoms with Crippen LogP contribution in [0.2, 0.25) is 0 Å². The van der Waals surface area contributed by atoms with Crippen molar-refractivity contribution in [3.05, 3.63) is 64.3 Å². The number of halogens is 1. The average Bonchev–Trinajstić information content (AvgIpc) is 3.60. The maximum Gasteiger partial charge on any atom is 0.494 e. The van der Waals surface area contributed by atoms with Crippen LogP contribution < -0.4 is 26.7 Å². The summed E-state index contributed by atoms with van der Waals surface area (Å²) in [5.41, 5.74) is 16.7. The summed E-state index contributed by atoms with van der Waals surface area (Å²) in [5.74, 6) is 0.900. The van der Waals surface area contributed by atoms with E-state index in [0.29, 0.717) is 16.9 Å². The van der Waals surface area contributed by atoms with Crippen LogP contribution in [-0.4, -0.2) is 75.4 Å². The molecule has 48 heavy (non-hydrogen) atoms. The molecule has 256 valence electrons. The lowest BCUT2D eigenvalue weighted by Crippen LogP contribution is -2.38. The summed E-state index contributed by atoms with van der Waals surface area (Å²) in [4.78, 5) is 35.2. The Balaban J connectivity index is 0.000000175. The summed E-state index contributed by atoms with van der Waals surface area (Å²) < 4.78 is 11.0. The van der Waals surface area contributed by atoms with Gasteiger partial charge in [-0.25, -0.2) is 0 Å². The molecule has 6 rings (SSSR count). The van der Waals surface area contributed by atoms with E-state index in [-0.39, 0.29) is 23.7 Å². The Morgan fingerprint density at radius 1 is 0.792 bits per heavy atom. The van der Waals surface area contributed by atoms with Crippen LogP contribution in [-0.2, 0) is 9.59 Å². The molecule has 0 radical (unpaired) electrons. The molecule has 0 atom stereocenters. The fraction of sp³-hybridized carbons (Fsp3) is 0.438. The quantitative estimate of drug-likeness (QED) is 0.212. The van der Waals surface area contributed by atoms with E-state index < -0.39 is 7.12 Å². The number of aromatic nitrogens is 4. The highest BCUT2D eigenvalue weighted by molar-refractivity contribution is 9.10. The second kappa shape index (κ2) is 16.7. The van der Waals surface area contributed by atoms with Gasteiger partial charge in [0.2, 0.25) is 11.8 Å². The zero-order valence-electron chi connectivity index (χ0n) is 27.6. The van der Waals surface area contributed by atoms with E-state index in [0.717, 1.165) is 90.3 Å². The van der Waals surface area contributed by atoms with Gasteiger partial charge in [0.25, 0.3) is 0 Å². The maximum atomic E-state index is 11.3. The molecule has 2 amide bonds. The third-order valence-corrected chi connectivity index (χ3v) is 9.29. The number of piperidine rings is 2. The Bertz CT molecular complexity index is 1640. The van der Waals surface area contributed by atoms with E-state index in [2.05, 4.69) is 50.5 Å². The Morgan fingerprint density at radius 2 is 1.27 bits per heavy atom. The van der Waals surface area contributed by atoms with Crippen molar-refractivity contribution in [2.75, 3.05) is 36.0 Å². The lowest BCUT2D eigenvalue weighted by molar-refractivity contribution is -0.123. The molecule has 4 aromatic heterocycles. The van der Waals surface area contributed by atoms with E-state index in [1.807, 2.05) is 32.2 Å². The molecule has 0 saturated carbocycles. The number of primary amides is 2. The van der Waals surface area contributed by atoms with E-state index in [4.69, 9.17) is 26.0 Å². The Morgan fingerprint density at radius 3 is 1.69 bits per heavy atom. The molecule has 0 spiro atoms. The highest BCUT2D eigenvalue weighted by Gasteiger charge is 2.27. The van der Waals surface area contributed by atoms with Gasteiger partial charge in [-0.3, -0.25) is 19.6 Å². The number of aryl methyl sites for hydroxylation is 4. The van der Waals surface area contributed by atoms with Gasteiger partial charge in [-0.15, -0.1) is 0 Å². The minimum absolute atomic E-state index is 0.0133. The topological polar surface area (TPSA) is 211 Å². The molecule has 2 saturated heterocycles. The number of carbonyl (C=O) groups is 2. The molecule has 6 heterocycles. The third kappa shape index (κ3) is 8.99. The molecule has 2 aliphatic heterocycles. The molecule has 0 unspecified atom stereocenters. The smallest absolute Gasteiger partial charge is 0.423 e. The van der Waals surface area contributed by atoms with E-state index >= 15 is 0 Å². The summed E-state index contributed by atoms with van der Waals surface area (Å²) in [6.45, 7) is 10.5. The second-order valence-electron chi connectivity index (χ2n) is 11.9. The summed E-state index contributed by atoms with van der Waals surface area (Å²) in [6, 6.07) is 3.99. The molecule has 4 aromatic rings. The zero-order chi connectivity index (χ0) is 35.0. The van der Waals surface area contributed by atoms with Gasteiger partial charge in [-0.05, 0) is 81.4 Å². The van der Waals surface area contributed by atoms with Crippen LogP contribution in [0.3, 0.4) is 0 Å². The molecule has 0 bridgehead atoms. The first-order valence-corrected chi connectivity index (χ1v) is 16.5. The summed E-state index contributed by atoms with van der Waals surface area (Å²) in [7, 11) is -1.48. The zero-order valence-corrected chi connectivity index (χ0v) is 29.2. The van der Waals surface area contributed by atoms with Crippen molar-refractivity contribution in [2.45, 2.75) is 53.4 Å². The van der Waals surface area contributed by atoms with Gasteiger partial charge in [0, 0.05) is 79.5 Å². The van der Waals surface area contributed by atoms with Crippen molar-refractivity contribution in [3.8, 4) is 11.1 Å². The SMILES string of the molecule is Cc1noc(C)c1-c1cnccc1N1CCC(C(N)=O)CC1.Cc1noc(C)c1B(O)O.NC(=O)C1CCN(c2ccncc2Br)CC1. The minimum Gasteiger partial charge on any atom is -0.423 e. The molecule has 2 fully saturated rings. The van der Waals surface area contributed by atoms with Gasteiger partial charge in [-0.1, -0.05) is 10.3 Å². The number of pyridine rings is 2. The number of hydrogen-bond acceptors (Lipinski definition) is 12. The van der Waals surface area contributed by atoms with Crippen molar-refractivity contribution in [1.82, 2.24) is 20.3 Å². The molecule has 0 aromatic carbocycles. The van der Waals surface area contributed by atoms with E-state index in [1.165, 1.54) is 0 Å². The fourth-order valence-electron chi connectivity index (χ4n) is 6.02. The molecule has 6 N–H and O–H groups in total. The Hall–Kier alpha value is -4.28. The van der Waals surface area contributed by atoms with Crippen LogP contribution in [0.4, 0.5) is 11.4 Å². The van der Waals surface area contributed by atoms with Crippen LogP contribution in [0, 0.1) is 39.5 Å². The molecule has 0 aliphatic carbocycles. The summed E-state index contributed by atoms with van der Waals surface area (Å²) in [6.07, 6.45) is 10.5. The Kier molecular flexibility index (Phi) is 12.7. The largest absolute Gasteiger partial charge is 0.494 e. The van der Waals surface area contributed by atoms with Gasteiger partial charge in [0.15, 0.2) is 0 Å². The third-order valence-electron chi connectivity index (χ3n) is 8.67. The molecule has 2 aliphatic rings. The number of carbonyl (C=O) groups excluding carboxylic acids is 2. The van der Waals surface area contributed by atoms with Gasteiger partial charge in [0.1, 0.15) is 11.5 Å². The first kappa shape index (κ1) is 36.6. The number of nitrogens with zero attached hydrogens (tertiary/aromatic N) is 6. The monoisotopic (exact) mass is 724 g/mol. The standard InChI is InChI=1S/C16H20N4O2.C11H14BrN3O.C5H8BNO3/c1-10-15(11(2)22-19-10)13-9-18-6-3-14(13)20-7-4-12(5-8-20)16(17)21;12-9-7-14-4-1-10(9)15-5-2-8(3-6-15)11(13)16;1-3-5(6(8)9)4(2)10-7-3/h3,6,9,12H,4-5,7-8H2,1-2H3,(H2,17,21);1,4,7-8H,2-3,5-6H2,(H2,13,16);8-9H,1-2H3. The summed E-state index contributed by atoms with van der Waals surface area (Å²) in [5, 5.41) is 25.0. The van der Waals surface area contributed by atoms with Crippen LogP contribution in [0.5, 0.6) is 0 Å². The van der Waals surface area contributed by atoms with Crippen molar-refractivity contribution >= 4 is 51.7 Å². The highest BCUT2D eigenvalue weighted by Crippen LogP contribution is 2.36. The van der Waals surface area contributed by atoms with Crippen molar-refractivity contribution in [3.63, 3.8) is 0 Å². The number of rotatable bonds is 6. The van der Waals surface area contributed by atoms with Crippen LogP contribution in [0.25, 0.3) is 11.1 Å². The normalized spacial score (nSPS) is 15.2. The van der Waals surface area contributed by atoms with Crippen LogP contribution >= 0.6 is 15.9 Å². The summed E-state index contributed by atoms with van der Waals surface area (Å²) >= 11 is 3.48. The van der Waals surface area contributed by atoms with Gasteiger partial charge in [-0.2, -0.15) is 0 Å². The van der Waals surface area contributed by atoms with Crippen LogP contribution in [0.15, 0.2) is 50.4 Å². The average molecular weight is 725 g/mol. The molecular weight excluding hydrogens is 683 g/mol. The van der Waals surface area contributed by atoms with Crippen LogP contribution in [0.1, 0.15) is 48.6 Å². The first-order chi connectivity index (χ1) is 22.9. The maximum absolute atomic E-state index is 11.3. The van der Waals surface area contributed by atoms with Gasteiger partial charge in [0.05, 0.1) is 27.1 Å². The first-order valence-electron chi connectivity index (χ1n) is 15.7. The minimum atomic E-state index is -1.48. The van der Waals surface area contributed by atoms with E-state index in [9.17, 15) is 9.59 Å². The number of nitrogens with two attached hydrogens (primary N) is 2. The number of anilines is 2. The molecule has 14 nitrogen and oxygen atoms in total. The van der Waals surface area contributed by atoms with Gasteiger partial charge >= 0.3 is 7.12 Å². The predicted octanol–water partition coefficient (Wildman–Crippen LogP) is 2.57. The van der Waals surface area contributed by atoms with Gasteiger partial charge < -0.3 is 40.4 Å². The predicted molar refractivity (Wildman–Crippen MR) is 185 cm³/mol.